The number of nitriles is 1. The molecule has 0 bridgehead atoms. The molecule has 0 aliphatic carbocycles. The van der Waals surface area contributed by atoms with Crippen LogP contribution in [0.2, 0.25) is 0 Å². The third-order valence-corrected chi connectivity index (χ3v) is 6.94. The molecule has 43 heavy (non-hydrogen) atoms. The van der Waals surface area contributed by atoms with Gasteiger partial charge in [0.25, 0.3) is 11.9 Å². The molecule has 10 heteroatoms. The number of nitrogens with zero attached hydrogens (tertiary/aromatic N) is 1. The maximum absolute atomic E-state index is 9.01. The Labute approximate surface area is 262 Å². The van der Waals surface area contributed by atoms with Crippen molar-refractivity contribution in [2.45, 2.75) is 188 Å². The largest absolute Gasteiger partial charge is 0.481 e. The standard InChI is InChI=1S/3C9H19N.C2HNO2.2C2H4O2/c3*1-8(2)6-5-7-9(3,4)10-8;3-1-2(4)5;2*1-2(3)4/h3*10H,5-7H2,1-4H3;(H,4,5);2*1H3,(H,3,4). The Hall–Kier alpha value is -2.22. The van der Waals surface area contributed by atoms with E-state index in [1.165, 1.54) is 57.8 Å². The van der Waals surface area contributed by atoms with E-state index in [4.69, 9.17) is 35.0 Å². The van der Waals surface area contributed by atoms with Crippen LogP contribution in [0.4, 0.5) is 0 Å². The molecule has 0 amide bonds. The zero-order valence-corrected chi connectivity index (χ0v) is 29.9. The molecular weight excluding hydrogens is 548 g/mol. The maximum Gasteiger partial charge on any atom is 0.408 e. The van der Waals surface area contributed by atoms with Crippen molar-refractivity contribution >= 4 is 17.9 Å². The van der Waals surface area contributed by atoms with Crippen molar-refractivity contribution in [3.8, 4) is 6.07 Å². The van der Waals surface area contributed by atoms with Gasteiger partial charge in [0.1, 0.15) is 0 Å². The number of nitrogens with one attached hydrogen (secondary N) is 3. The van der Waals surface area contributed by atoms with E-state index in [0.29, 0.717) is 33.2 Å². The van der Waals surface area contributed by atoms with Crippen molar-refractivity contribution in [1.29, 1.82) is 5.26 Å². The van der Waals surface area contributed by atoms with Crippen LogP contribution < -0.4 is 16.0 Å². The van der Waals surface area contributed by atoms with Crippen LogP contribution in [0.5, 0.6) is 0 Å². The van der Waals surface area contributed by atoms with Crippen LogP contribution in [-0.2, 0) is 14.4 Å². The smallest absolute Gasteiger partial charge is 0.408 e. The highest BCUT2D eigenvalue weighted by Crippen LogP contribution is 2.29. The van der Waals surface area contributed by atoms with E-state index in [1.54, 1.807) is 0 Å². The van der Waals surface area contributed by atoms with Gasteiger partial charge in [-0.05, 0) is 141 Å². The predicted molar refractivity (Wildman–Crippen MR) is 175 cm³/mol. The van der Waals surface area contributed by atoms with Crippen LogP contribution in [0.1, 0.15) is 155 Å². The lowest BCUT2D eigenvalue weighted by Crippen LogP contribution is -2.55. The fraction of sp³-hybridized carbons (Fsp3) is 0.879. The third kappa shape index (κ3) is 32.5. The van der Waals surface area contributed by atoms with E-state index in [9.17, 15) is 0 Å². The minimum Gasteiger partial charge on any atom is -0.481 e. The molecule has 0 radical (unpaired) electrons. The summed E-state index contributed by atoms with van der Waals surface area (Å²) in [7, 11) is 0. The summed E-state index contributed by atoms with van der Waals surface area (Å²) in [5.41, 5.74) is 2.18. The highest BCUT2D eigenvalue weighted by atomic mass is 16.4. The van der Waals surface area contributed by atoms with Crippen LogP contribution in [0.25, 0.3) is 0 Å². The Morgan fingerprint density at radius 2 is 0.605 bits per heavy atom. The highest BCUT2D eigenvalue weighted by Gasteiger charge is 2.33. The average Bonchev–Trinajstić information content (AvgIpc) is 2.69. The molecule has 3 rings (SSSR count). The van der Waals surface area contributed by atoms with Crippen LogP contribution in [-0.4, -0.2) is 66.5 Å². The Balaban J connectivity index is -0.000000467. The van der Waals surface area contributed by atoms with E-state index in [2.05, 4.69) is 99.0 Å². The van der Waals surface area contributed by atoms with Crippen molar-refractivity contribution in [1.82, 2.24) is 16.0 Å². The summed E-state index contributed by atoms with van der Waals surface area (Å²) in [6.45, 7) is 29.6. The molecule has 3 aliphatic rings. The zero-order valence-electron chi connectivity index (χ0n) is 29.9. The van der Waals surface area contributed by atoms with Gasteiger partial charge >= 0.3 is 5.97 Å². The van der Waals surface area contributed by atoms with Gasteiger partial charge in [0.15, 0.2) is 6.07 Å². The second-order valence-corrected chi connectivity index (χ2v) is 15.7. The monoisotopic (exact) mass is 614 g/mol. The molecule has 254 valence electrons. The zero-order chi connectivity index (χ0) is 34.9. The molecule has 0 aromatic rings. The van der Waals surface area contributed by atoms with E-state index in [-0.39, 0.29) is 0 Å². The summed E-state index contributed by atoms with van der Waals surface area (Å²) in [6.07, 6.45) is 12.0. The Morgan fingerprint density at radius 1 is 0.488 bits per heavy atom. The van der Waals surface area contributed by atoms with Gasteiger partial charge in [-0.25, -0.2) is 4.79 Å². The molecule has 6 N–H and O–H groups in total. The molecule has 0 saturated carbocycles. The number of carbonyl (C=O) groups is 3. The van der Waals surface area contributed by atoms with E-state index in [0.717, 1.165) is 19.9 Å². The van der Waals surface area contributed by atoms with Crippen molar-refractivity contribution in [3.05, 3.63) is 0 Å². The molecule has 3 saturated heterocycles. The first-order valence-electron chi connectivity index (χ1n) is 15.4. The van der Waals surface area contributed by atoms with Crippen LogP contribution >= 0.6 is 0 Å². The van der Waals surface area contributed by atoms with Gasteiger partial charge in [0, 0.05) is 47.1 Å². The Morgan fingerprint density at radius 3 is 0.651 bits per heavy atom. The number of hydrogen-bond acceptors (Lipinski definition) is 7. The summed E-state index contributed by atoms with van der Waals surface area (Å²) in [4.78, 5) is 27.0. The second kappa shape index (κ2) is 19.2. The van der Waals surface area contributed by atoms with Gasteiger partial charge in [-0.1, -0.05) is 0 Å². The molecule has 3 aliphatic heterocycles. The quantitative estimate of drug-likeness (QED) is 0.127. The van der Waals surface area contributed by atoms with Crippen molar-refractivity contribution in [2.75, 3.05) is 0 Å². The summed E-state index contributed by atoms with van der Waals surface area (Å²) >= 11 is 0. The maximum atomic E-state index is 9.01. The molecule has 3 heterocycles. The fourth-order valence-electron chi connectivity index (χ4n) is 6.04. The topological polar surface area (TPSA) is 172 Å². The second-order valence-electron chi connectivity index (χ2n) is 15.7. The fourth-order valence-corrected chi connectivity index (χ4v) is 6.04. The van der Waals surface area contributed by atoms with Crippen LogP contribution in [0.15, 0.2) is 0 Å². The molecule has 10 nitrogen and oxygen atoms in total. The van der Waals surface area contributed by atoms with Gasteiger partial charge in [-0.3, -0.25) is 9.59 Å². The number of hydrogen-bond donors (Lipinski definition) is 6. The van der Waals surface area contributed by atoms with Gasteiger partial charge in [0.05, 0.1) is 0 Å². The summed E-state index contributed by atoms with van der Waals surface area (Å²) in [6, 6.07) is 0.944. The van der Waals surface area contributed by atoms with Crippen molar-refractivity contribution in [2.24, 2.45) is 0 Å². The average molecular weight is 615 g/mol. The lowest BCUT2D eigenvalue weighted by molar-refractivity contribution is -0.135. The normalized spacial score (nSPS) is 22.7. The first-order valence-corrected chi connectivity index (χ1v) is 15.4. The van der Waals surface area contributed by atoms with Crippen LogP contribution in [0, 0.1) is 11.3 Å². The van der Waals surface area contributed by atoms with Crippen molar-refractivity contribution in [3.63, 3.8) is 0 Å². The molecule has 0 unspecified atom stereocenters. The molecule has 3 fully saturated rings. The number of carboxylic acid groups (broad SMARTS) is 3. The lowest BCUT2D eigenvalue weighted by Gasteiger charge is -2.42. The molecular formula is C33H66N4O6. The minimum atomic E-state index is -1.44. The first kappa shape index (κ1) is 45.2. The van der Waals surface area contributed by atoms with E-state index < -0.39 is 17.9 Å². The van der Waals surface area contributed by atoms with Gasteiger partial charge in [-0.2, -0.15) is 5.26 Å². The van der Waals surface area contributed by atoms with E-state index in [1.807, 2.05) is 0 Å². The molecule has 0 aromatic heterocycles. The first-order chi connectivity index (χ1) is 19.0. The number of piperidine rings is 3. The number of aliphatic carboxylic acids is 3. The Bertz CT molecular complexity index is 748. The number of rotatable bonds is 0. The summed E-state index contributed by atoms with van der Waals surface area (Å²) in [5.74, 6) is -3.11. The molecule has 0 spiro atoms. The molecule has 0 atom stereocenters. The lowest BCUT2D eigenvalue weighted by atomic mass is 9.83. The third-order valence-electron chi connectivity index (χ3n) is 6.94. The van der Waals surface area contributed by atoms with Gasteiger partial charge in [-0.15, -0.1) is 0 Å². The summed E-state index contributed by atoms with van der Waals surface area (Å²) in [5, 5.41) is 40.4. The minimum absolute atomic E-state index is 0.363. The van der Waals surface area contributed by atoms with Gasteiger partial charge in [0.2, 0.25) is 0 Å². The van der Waals surface area contributed by atoms with Crippen LogP contribution in [0.3, 0.4) is 0 Å². The van der Waals surface area contributed by atoms with E-state index >= 15 is 0 Å². The highest BCUT2D eigenvalue weighted by molar-refractivity contribution is 5.83. The summed E-state index contributed by atoms with van der Waals surface area (Å²) < 4.78 is 0. The SMILES string of the molecule is CC(=O)O.CC(=O)O.CC1(C)CCCC(C)(C)N1.CC1(C)CCCC(C)(C)N1.CC1(C)CCCC(C)(C)N1.N#CC(=O)O. The number of carboxylic acids is 3. The van der Waals surface area contributed by atoms with Crippen molar-refractivity contribution < 1.29 is 29.7 Å². The predicted octanol–water partition coefficient (Wildman–Crippen LogP) is 6.73. The Kier molecular flexibility index (Phi) is 20.2. The molecule has 0 aromatic carbocycles. The van der Waals surface area contributed by atoms with Gasteiger partial charge < -0.3 is 31.3 Å².